The fourth-order valence-corrected chi connectivity index (χ4v) is 4.16. The van der Waals surface area contributed by atoms with E-state index >= 15 is 0 Å². The second-order valence-corrected chi connectivity index (χ2v) is 7.69. The van der Waals surface area contributed by atoms with Crippen LogP contribution in [0, 0.1) is 6.92 Å². The van der Waals surface area contributed by atoms with Crippen LogP contribution in [-0.2, 0) is 19.2 Å². The number of nitrogens with zero attached hydrogens (tertiary/aromatic N) is 3. The maximum absolute atomic E-state index is 12.0. The summed E-state index contributed by atoms with van der Waals surface area (Å²) in [6.07, 6.45) is 0.902. The molecule has 0 aliphatic rings. The van der Waals surface area contributed by atoms with Crippen molar-refractivity contribution in [2.45, 2.75) is 31.2 Å². The van der Waals surface area contributed by atoms with E-state index in [1.54, 1.807) is 17.8 Å². The largest absolute Gasteiger partial charge is 0.423 e. The quantitative estimate of drug-likeness (QED) is 0.363. The molecule has 0 unspecified atom stereocenters. The molecule has 4 aromatic rings. The van der Waals surface area contributed by atoms with Crippen molar-refractivity contribution in [2.24, 2.45) is 7.05 Å². The van der Waals surface area contributed by atoms with Crippen LogP contribution >= 0.6 is 11.8 Å². The van der Waals surface area contributed by atoms with E-state index in [1.807, 2.05) is 35.9 Å². The molecule has 2 aromatic carbocycles. The Morgan fingerprint density at radius 1 is 1.11 bits per heavy atom. The van der Waals surface area contributed by atoms with E-state index in [4.69, 9.17) is 4.42 Å². The van der Waals surface area contributed by atoms with Gasteiger partial charge < -0.3 is 8.98 Å². The number of hydrogen-bond donors (Lipinski definition) is 0. The first-order valence-electron chi connectivity index (χ1n) is 9.20. The van der Waals surface area contributed by atoms with Crippen LogP contribution < -0.4 is 5.63 Å². The normalized spacial score (nSPS) is 11.2. The van der Waals surface area contributed by atoms with Gasteiger partial charge in [-0.1, -0.05) is 55.1 Å². The third-order valence-corrected chi connectivity index (χ3v) is 5.95. The Bertz CT molecular complexity index is 1210. The Balaban J connectivity index is 1.64. The number of aromatic nitrogens is 3. The molecule has 0 radical (unpaired) electrons. The first kappa shape index (κ1) is 18.5. The van der Waals surface area contributed by atoms with Crippen molar-refractivity contribution in [3.05, 3.63) is 75.6 Å². The van der Waals surface area contributed by atoms with Crippen molar-refractivity contribution in [1.82, 2.24) is 14.8 Å². The number of hydrogen-bond acceptors (Lipinski definition) is 5. The van der Waals surface area contributed by atoms with Gasteiger partial charge in [-0.2, -0.15) is 0 Å². The highest BCUT2D eigenvalue weighted by Crippen LogP contribution is 2.29. The summed E-state index contributed by atoms with van der Waals surface area (Å²) in [5.74, 6) is 1.46. The van der Waals surface area contributed by atoms with Crippen molar-refractivity contribution >= 4 is 22.7 Å². The lowest BCUT2D eigenvalue weighted by atomic mass is 10.1. The average Bonchev–Trinajstić information content (AvgIpc) is 3.06. The highest BCUT2D eigenvalue weighted by Gasteiger charge is 2.14. The first-order chi connectivity index (χ1) is 13.6. The molecule has 4 rings (SSSR count). The van der Waals surface area contributed by atoms with Gasteiger partial charge in [0.25, 0.3) is 0 Å². The standard InChI is InChI=1S/C22H21N3O2S/c1-4-15-9-10-18-16(12-20(26)27-19(18)11-15)13-28-22-24-23-21(25(22)3)17-8-6-5-7-14(17)2/h5-12H,4,13H2,1-3H3. The molecule has 6 heteroatoms. The number of thioether (sulfide) groups is 1. The molecular formula is C22H21N3O2S. The molecule has 0 aliphatic heterocycles. The fourth-order valence-electron chi connectivity index (χ4n) is 3.25. The molecule has 5 nitrogen and oxygen atoms in total. The summed E-state index contributed by atoms with van der Waals surface area (Å²) in [6, 6.07) is 15.8. The molecule has 0 spiro atoms. The van der Waals surface area contributed by atoms with Crippen LogP contribution in [0.25, 0.3) is 22.4 Å². The van der Waals surface area contributed by atoms with Crippen LogP contribution in [0.15, 0.2) is 62.9 Å². The van der Waals surface area contributed by atoms with E-state index in [0.717, 1.165) is 45.0 Å². The topological polar surface area (TPSA) is 60.9 Å². The summed E-state index contributed by atoms with van der Waals surface area (Å²) in [5.41, 5.74) is 4.64. The van der Waals surface area contributed by atoms with Gasteiger partial charge in [0, 0.05) is 29.8 Å². The Kier molecular flexibility index (Phi) is 5.05. The summed E-state index contributed by atoms with van der Waals surface area (Å²) in [7, 11) is 1.97. The van der Waals surface area contributed by atoms with E-state index in [-0.39, 0.29) is 5.63 Å². The van der Waals surface area contributed by atoms with E-state index in [2.05, 4.69) is 42.2 Å². The molecule has 0 fully saturated rings. The van der Waals surface area contributed by atoms with Crippen molar-refractivity contribution < 1.29 is 4.42 Å². The van der Waals surface area contributed by atoms with Gasteiger partial charge in [0.2, 0.25) is 0 Å². The minimum atomic E-state index is -0.324. The molecule has 0 bridgehead atoms. The Hall–Kier alpha value is -2.86. The molecule has 0 saturated heterocycles. The van der Waals surface area contributed by atoms with Crippen molar-refractivity contribution in [3.8, 4) is 11.4 Å². The second kappa shape index (κ2) is 7.64. The predicted octanol–water partition coefficient (Wildman–Crippen LogP) is 4.75. The van der Waals surface area contributed by atoms with E-state index in [0.29, 0.717) is 11.3 Å². The first-order valence-corrected chi connectivity index (χ1v) is 10.2. The van der Waals surface area contributed by atoms with E-state index < -0.39 is 0 Å². The molecular weight excluding hydrogens is 370 g/mol. The van der Waals surface area contributed by atoms with Gasteiger partial charge in [-0.15, -0.1) is 10.2 Å². The summed E-state index contributed by atoms with van der Waals surface area (Å²) in [6.45, 7) is 4.15. The van der Waals surface area contributed by atoms with Crippen LogP contribution in [0.4, 0.5) is 0 Å². The minimum absolute atomic E-state index is 0.324. The van der Waals surface area contributed by atoms with Crippen molar-refractivity contribution in [2.75, 3.05) is 0 Å². The molecule has 0 aliphatic carbocycles. The summed E-state index contributed by atoms with van der Waals surface area (Å²) in [4.78, 5) is 12.0. The predicted molar refractivity (Wildman–Crippen MR) is 113 cm³/mol. The number of rotatable bonds is 5. The minimum Gasteiger partial charge on any atom is -0.423 e. The van der Waals surface area contributed by atoms with Crippen molar-refractivity contribution in [1.29, 1.82) is 0 Å². The number of benzene rings is 2. The smallest absolute Gasteiger partial charge is 0.336 e. The van der Waals surface area contributed by atoms with Gasteiger partial charge in [-0.05, 0) is 36.1 Å². The summed E-state index contributed by atoms with van der Waals surface area (Å²) < 4.78 is 7.39. The summed E-state index contributed by atoms with van der Waals surface area (Å²) >= 11 is 1.56. The van der Waals surface area contributed by atoms with Crippen LogP contribution in [0.2, 0.25) is 0 Å². The molecule has 0 atom stereocenters. The molecule has 28 heavy (non-hydrogen) atoms. The maximum Gasteiger partial charge on any atom is 0.336 e. The lowest BCUT2D eigenvalue weighted by Crippen LogP contribution is -2.01. The van der Waals surface area contributed by atoms with Gasteiger partial charge >= 0.3 is 5.63 Å². The van der Waals surface area contributed by atoms with E-state index in [9.17, 15) is 4.79 Å². The highest BCUT2D eigenvalue weighted by molar-refractivity contribution is 7.98. The SMILES string of the molecule is CCc1ccc2c(CSc3nnc(-c4ccccc4C)n3C)cc(=O)oc2c1. The zero-order valence-corrected chi connectivity index (χ0v) is 16.9. The van der Waals surface area contributed by atoms with Gasteiger partial charge in [-0.25, -0.2) is 4.79 Å². The average molecular weight is 391 g/mol. The van der Waals surface area contributed by atoms with Gasteiger partial charge in [0.15, 0.2) is 11.0 Å². The van der Waals surface area contributed by atoms with Crippen LogP contribution in [0.5, 0.6) is 0 Å². The van der Waals surface area contributed by atoms with Crippen LogP contribution in [-0.4, -0.2) is 14.8 Å². The summed E-state index contributed by atoms with van der Waals surface area (Å²) in [5, 5.41) is 10.5. The fraction of sp³-hybridized carbons (Fsp3) is 0.227. The third-order valence-electron chi connectivity index (χ3n) is 4.88. The molecule has 0 saturated carbocycles. The van der Waals surface area contributed by atoms with Crippen LogP contribution in [0.3, 0.4) is 0 Å². The third kappa shape index (κ3) is 3.47. The molecule has 2 aromatic heterocycles. The Labute approximate surface area is 167 Å². The lowest BCUT2D eigenvalue weighted by Gasteiger charge is -2.08. The molecule has 142 valence electrons. The number of fused-ring (bicyclic) bond motifs is 1. The van der Waals surface area contributed by atoms with Gasteiger partial charge in [0.1, 0.15) is 5.58 Å². The lowest BCUT2D eigenvalue weighted by molar-refractivity contribution is 0.559. The van der Waals surface area contributed by atoms with E-state index in [1.165, 1.54) is 0 Å². The second-order valence-electron chi connectivity index (χ2n) is 6.74. The zero-order chi connectivity index (χ0) is 19.7. The highest BCUT2D eigenvalue weighted by atomic mass is 32.2. The number of aryl methyl sites for hydroxylation is 2. The van der Waals surface area contributed by atoms with Crippen molar-refractivity contribution in [3.63, 3.8) is 0 Å². The maximum atomic E-state index is 12.0. The Morgan fingerprint density at radius 2 is 1.93 bits per heavy atom. The molecule has 2 heterocycles. The molecule has 0 amide bonds. The monoisotopic (exact) mass is 391 g/mol. The van der Waals surface area contributed by atoms with Gasteiger partial charge in [-0.3, -0.25) is 0 Å². The Morgan fingerprint density at radius 3 is 2.71 bits per heavy atom. The zero-order valence-electron chi connectivity index (χ0n) is 16.1. The van der Waals surface area contributed by atoms with Gasteiger partial charge in [0.05, 0.1) is 0 Å². The van der Waals surface area contributed by atoms with Crippen LogP contribution in [0.1, 0.15) is 23.6 Å². The molecule has 0 N–H and O–H groups in total.